The lowest BCUT2D eigenvalue weighted by Gasteiger charge is -2.39. The third-order valence-electron chi connectivity index (χ3n) is 5.89. The molecule has 3 aliphatic rings. The summed E-state index contributed by atoms with van der Waals surface area (Å²) < 4.78 is 62.0. The van der Waals surface area contributed by atoms with Crippen molar-refractivity contribution in [1.29, 1.82) is 0 Å². The highest BCUT2D eigenvalue weighted by Crippen LogP contribution is 2.50. The Balaban J connectivity index is 0.00000231. The molecule has 0 radical (unpaired) electrons. The van der Waals surface area contributed by atoms with E-state index in [1.165, 1.54) is 0 Å². The van der Waals surface area contributed by atoms with Crippen molar-refractivity contribution in [3.8, 4) is 0 Å². The molecule has 0 aromatic heterocycles. The first-order valence-corrected chi connectivity index (χ1v) is 9.86. The first-order chi connectivity index (χ1) is 14.2. The molecule has 4 nitrogen and oxygen atoms in total. The Morgan fingerprint density at radius 2 is 1.74 bits per heavy atom. The van der Waals surface area contributed by atoms with Crippen LogP contribution in [0.3, 0.4) is 0 Å². The van der Waals surface area contributed by atoms with Crippen LogP contribution in [0, 0.1) is 5.82 Å². The molecule has 1 fully saturated rings. The molecule has 31 heavy (non-hydrogen) atoms. The van der Waals surface area contributed by atoms with Gasteiger partial charge in [-0.1, -0.05) is 40.5 Å². The van der Waals surface area contributed by atoms with E-state index >= 15 is 0 Å². The minimum atomic E-state index is -4.84. The Hall–Kier alpha value is -1.58. The number of fused-ring (bicyclic) bond motifs is 2. The van der Waals surface area contributed by atoms with Gasteiger partial charge in [0.1, 0.15) is 5.60 Å². The smallest absolute Gasteiger partial charge is 0.374 e. The largest absolute Gasteiger partial charge is 0.435 e. The molecule has 1 saturated heterocycles. The van der Waals surface area contributed by atoms with Gasteiger partial charge in [-0.15, -0.1) is 12.4 Å². The SMILES string of the molecule is Cl.Fc1c(Cl)cc(C2(C(F)(F)F)CC(c3ccc4c(c3)COC43CNC3)=NO2)cc1Cl. The molecule has 1 spiro atoms. The molecule has 3 heterocycles. The molecule has 2 aromatic rings. The lowest BCUT2D eigenvalue weighted by molar-refractivity contribution is -0.275. The molecule has 1 unspecified atom stereocenters. The van der Waals surface area contributed by atoms with Gasteiger partial charge in [0.15, 0.2) is 5.82 Å². The molecule has 1 N–H and O–H groups in total. The fourth-order valence-electron chi connectivity index (χ4n) is 4.12. The number of alkyl halides is 3. The minimum absolute atomic E-state index is 0. The predicted octanol–water partition coefficient (Wildman–Crippen LogP) is 5.47. The molecule has 0 aliphatic carbocycles. The normalized spacial score (nSPS) is 23.6. The van der Waals surface area contributed by atoms with Gasteiger partial charge in [-0.3, -0.25) is 0 Å². The third kappa shape index (κ3) is 3.31. The number of rotatable bonds is 2. The van der Waals surface area contributed by atoms with Gasteiger partial charge in [0.25, 0.3) is 5.60 Å². The Morgan fingerprint density at radius 3 is 2.32 bits per heavy atom. The molecular weight excluding hydrogens is 483 g/mol. The second kappa shape index (κ2) is 7.49. The fraction of sp³-hybridized carbons (Fsp3) is 0.350. The van der Waals surface area contributed by atoms with E-state index in [1.54, 1.807) is 12.1 Å². The average Bonchev–Trinajstić information content (AvgIpc) is 3.27. The average molecular weight is 498 g/mol. The number of nitrogens with one attached hydrogen (secondary N) is 1. The van der Waals surface area contributed by atoms with E-state index < -0.39 is 39.6 Å². The summed E-state index contributed by atoms with van der Waals surface area (Å²) >= 11 is 11.5. The van der Waals surface area contributed by atoms with Crippen molar-refractivity contribution in [1.82, 2.24) is 5.32 Å². The zero-order valence-electron chi connectivity index (χ0n) is 15.7. The molecule has 0 bridgehead atoms. The standard InChI is InChI=1S/C20H14Cl2F4N2O2.ClH/c21-14-4-12(5-15(22)17(14)23)19(20(24,25)26)6-16(28-30-19)10-1-2-13-11(3-10)7-29-18(13)8-27-9-18;/h1-5,27H,6-9H2;1H. The van der Waals surface area contributed by atoms with Gasteiger partial charge in [0.05, 0.1) is 22.4 Å². The number of oxime groups is 1. The lowest BCUT2D eigenvalue weighted by Crippen LogP contribution is -2.56. The Kier molecular flexibility index (Phi) is 5.46. The van der Waals surface area contributed by atoms with Crippen LogP contribution in [0.5, 0.6) is 0 Å². The molecular formula is C20H15Cl3F4N2O2. The van der Waals surface area contributed by atoms with Gasteiger partial charge in [0.2, 0.25) is 0 Å². The van der Waals surface area contributed by atoms with Crippen LogP contribution in [0.4, 0.5) is 17.6 Å². The maximum Gasteiger partial charge on any atom is 0.435 e. The van der Waals surface area contributed by atoms with Crippen molar-refractivity contribution in [2.75, 3.05) is 13.1 Å². The fourth-order valence-corrected chi connectivity index (χ4v) is 4.61. The van der Waals surface area contributed by atoms with Crippen molar-refractivity contribution in [3.63, 3.8) is 0 Å². The molecule has 2 aromatic carbocycles. The number of hydrogen-bond donors (Lipinski definition) is 1. The van der Waals surface area contributed by atoms with Gasteiger partial charge in [0, 0.05) is 25.1 Å². The van der Waals surface area contributed by atoms with Crippen LogP contribution < -0.4 is 5.32 Å². The van der Waals surface area contributed by atoms with Gasteiger partial charge >= 0.3 is 6.18 Å². The summed E-state index contributed by atoms with van der Waals surface area (Å²) in [5.74, 6) is -0.989. The van der Waals surface area contributed by atoms with Crippen LogP contribution in [-0.2, 0) is 27.4 Å². The summed E-state index contributed by atoms with van der Waals surface area (Å²) in [7, 11) is 0. The first-order valence-electron chi connectivity index (χ1n) is 9.10. The summed E-state index contributed by atoms with van der Waals surface area (Å²) in [5.41, 5.74) is -0.990. The van der Waals surface area contributed by atoms with Gasteiger partial charge in [-0.05, 0) is 34.9 Å². The topological polar surface area (TPSA) is 42.8 Å². The van der Waals surface area contributed by atoms with Crippen LogP contribution in [0.1, 0.15) is 28.7 Å². The number of halogens is 7. The van der Waals surface area contributed by atoms with Crippen molar-refractivity contribution >= 4 is 41.3 Å². The first kappa shape index (κ1) is 22.6. The Labute approximate surface area is 190 Å². The maximum atomic E-state index is 14.1. The van der Waals surface area contributed by atoms with Crippen LogP contribution in [0.15, 0.2) is 35.5 Å². The number of nitrogens with zero attached hydrogens (tertiary/aromatic N) is 1. The number of benzene rings is 2. The highest BCUT2D eigenvalue weighted by molar-refractivity contribution is 6.35. The van der Waals surface area contributed by atoms with Gasteiger partial charge in [-0.2, -0.15) is 13.2 Å². The summed E-state index contributed by atoms with van der Waals surface area (Å²) in [6.45, 7) is 1.78. The quantitative estimate of drug-likeness (QED) is 0.442. The summed E-state index contributed by atoms with van der Waals surface area (Å²) in [6.07, 6.45) is -5.44. The molecule has 0 amide bonds. The predicted molar refractivity (Wildman–Crippen MR) is 109 cm³/mol. The van der Waals surface area contributed by atoms with E-state index in [-0.39, 0.29) is 23.7 Å². The van der Waals surface area contributed by atoms with E-state index in [1.807, 2.05) is 6.07 Å². The van der Waals surface area contributed by atoms with E-state index in [0.29, 0.717) is 25.3 Å². The van der Waals surface area contributed by atoms with Crippen molar-refractivity contribution < 1.29 is 27.1 Å². The van der Waals surface area contributed by atoms with Crippen LogP contribution in [-0.4, -0.2) is 25.0 Å². The zero-order chi connectivity index (χ0) is 21.3. The van der Waals surface area contributed by atoms with E-state index in [9.17, 15) is 17.6 Å². The Bertz CT molecular complexity index is 1070. The zero-order valence-corrected chi connectivity index (χ0v) is 18.0. The number of ether oxygens (including phenoxy) is 1. The van der Waals surface area contributed by atoms with Crippen molar-refractivity contribution in [2.45, 2.75) is 30.4 Å². The molecule has 11 heteroatoms. The minimum Gasteiger partial charge on any atom is -0.374 e. The van der Waals surface area contributed by atoms with Gasteiger partial charge < -0.3 is 14.9 Å². The van der Waals surface area contributed by atoms with E-state index in [0.717, 1.165) is 23.3 Å². The molecule has 3 aliphatic heterocycles. The second-order valence-corrected chi connectivity index (χ2v) is 8.46. The molecule has 166 valence electrons. The monoisotopic (exact) mass is 496 g/mol. The maximum absolute atomic E-state index is 14.1. The Morgan fingerprint density at radius 1 is 1.06 bits per heavy atom. The third-order valence-corrected chi connectivity index (χ3v) is 6.44. The van der Waals surface area contributed by atoms with Gasteiger partial charge in [-0.25, -0.2) is 4.39 Å². The molecule has 1 atom stereocenters. The van der Waals surface area contributed by atoms with E-state index in [2.05, 4.69) is 10.5 Å². The van der Waals surface area contributed by atoms with Crippen LogP contribution >= 0.6 is 35.6 Å². The van der Waals surface area contributed by atoms with E-state index in [4.69, 9.17) is 32.8 Å². The van der Waals surface area contributed by atoms with Crippen LogP contribution in [0.25, 0.3) is 0 Å². The van der Waals surface area contributed by atoms with Crippen molar-refractivity contribution in [3.05, 3.63) is 68.4 Å². The summed E-state index contributed by atoms with van der Waals surface area (Å²) in [6, 6.07) is 7.10. The van der Waals surface area contributed by atoms with Crippen LogP contribution in [0.2, 0.25) is 10.0 Å². The van der Waals surface area contributed by atoms with Crippen molar-refractivity contribution in [2.24, 2.45) is 5.16 Å². The number of hydrogen-bond acceptors (Lipinski definition) is 4. The summed E-state index contributed by atoms with van der Waals surface area (Å²) in [5, 5.41) is 5.87. The summed E-state index contributed by atoms with van der Waals surface area (Å²) in [4.78, 5) is 4.98. The molecule has 5 rings (SSSR count). The highest BCUT2D eigenvalue weighted by atomic mass is 35.5. The lowest BCUT2D eigenvalue weighted by atomic mass is 9.84. The molecule has 0 saturated carbocycles. The highest BCUT2D eigenvalue weighted by Gasteiger charge is 2.62. The second-order valence-electron chi connectivity index (χ2n) is 7.64.